The van der Waals surface area contributed by atoms with Gasteiger partial charge in [-0.05, 0) is 63.6 Å². The Kier molecular flexibility index (Phi) is 5.05. The van der Waals surface area contributed by atoms with E-state index in [2.05, 4.69) is 38.5 Å². The molecule has 0 heterocycles. The molecule has 0 saturated heterocycles. The normalized spacial score (nSPS) is 10.1. The maximum absolute atomic E-state index is 5.38. The lowest BCUT2D eigenvalue weighted by molar-refractivity contribution is 0.0219. The second-order valence-electron chi connectivity index (χ2n) is 2.33. The standard InChI is InChI=1S/C9H10BrIO2/c1-2-12-6-13-9-5-7(11)3-4-8(9)10/h3-5H,2,6H2,1H3. The van der Waals surface area contributed by atoms with Gasteiger partial charge in [-0.1, -0.05) is 0 Å². The highest BCUT2D eigenvalue weighted by molar-refractivity contribution is 14.1. The van der Waals surface area contributed by atoms with Crippen LogP contribution in [0.25, 0.3) is 0 Å². The number of rotatable bonds is 4. The van der Waals surface area contributed by atoms with Gasteiger partial charge in [0.05, 0.1) is 4.47 Å². The summed E-state index contributed by atoms with van der Waals surface area (Å²) in [5.74, 6) is 0.820. The van der Waals surface area contributed by atoms with Gasteiger partial charge in [-0.2, -0.15) is 0 Å². The second kappa shape index (κ2) is 5.82. The summed E-state index contributed by atoms with van der Waals surface area (Å²) in [6.45, 7) is 2.91. The molecule has 0 amide bonds. The summed E-state index contributed by atoms with van der Waals surface area (Å²) in [6, 6.07) is 5.94. The Hall–Kier alpha value is 0.190. The molecule has 0 aliphatic rings. The summed E-state index contributed by atoms with van der Waals surface area (Å²) in [5, 5.41) is 0. The van der Waals surface area contributed by atoms with E-state index in [9.17, 15) is 0 Å². The Morgan fingerprint density at radius 3 is 2.92 bits per heavy atom. The number of hydrogen-bond donors (Lipinski definition) is 0. The fourth-order valence-electron chi connectivity index (χ4n) is 0.776. The van der Waals surface area contributed by atoms with E-state index in [0.29, 0.717) is 13.4 Å². The molecule has 1 rings (SSSR count). The van der Waals surface area contributed by atoms with Crippen molar-refractivity contribution in [3.8, 4) is 5.75 Å². The monoisotopic (exact) mass is 356 g/mol. The zero-order valence-electron chi connectivity index (χ0n) is 7.22. The van der Waals surface area contributed by atoms with E-state index in [1.165, 1.54) is 0 Å². The van der Waals surface area contributed by atoms with Crippen LogP contribution in [0.15, 0.2) is 22.7 Å². The lowest BCUT2D eigenvalue weighted by Gasteiger charge is -2.07. The molecule has 0 fully saturated rings. The van der Waals surface area contributed by atoms with Crippen LogP contribution in [0.2, 0.25) is 0 Å². The molecular weight excluding hydrogens is 347 g/mol. The van der Waals surface area contributed by atoms with Gasteiger partial charge in [0.25, 0.3) is 0 Å². The number of hydrogen-bond acceptors (Lipinski definition) is 2. The fraction of sp³-hybridized carbons (Fsp3) is 0.333. The van der Waals surface area contributed by atoms with Gasteiger partial charge in [0.15, 0.2) is 6.79 Å². The van der Waals surface area contributed by atoms with Crippen LogP contribution >= 0.6 is 38.5 Å². The van der Waals surface area contributed by atoms with Crippen LogP contribution in [-0.2, 0) is 4.74 Å². The average Bonchev–Trinajstić information content (AvgIpc) is 2.11. The highest BCUT2D eigenvalue weighted by Crippen LogP contribution is 2.26. The summed E-state index contributed by atoms with van der Waals surface area (Å²) in [7, 11) is 0. The molecule has 0 spiro atoms. The van der Waals surface area contributed by atoms with Crippen molar-refractivity contribution in [3.63, 3.8) is 0 Å². The lowest BCUT2D eigenvalue weighted by Crippen LogP contribution is -2.02. The van der Waals surface area contributed by atoms with Gasteiger partial charge in [0, 0.05) is 10.2 Å². The second-order valence-corrected chi connectivity index (χ2v) is 4.43. The van der Waals surface area contributed by atoms with Gasteiger partial charge in [0.1, 0.15) is 5.75 Å². The van der Waals surface area contributed by atoms with Crippen LogP contribution in [0.3, 0.4) is 0 Å². The van der Waals surface area contributed by atoms with E-state index < -0.39 is 0 Å². The first-order valence-electron chi connectivity index (χ1n) is 3.89. The number of ether oxygens (including phenoxy) is 2. The van der Waals surface area contributed by atoms with Crippen LogP contribution in [0.4, 0.5) is 0 Å². The largest absolute Gasteiger partial charge is 0.466 e. The highest BCUT2D eigenvalue weighted by Gasteiger charge is 2.00. The van der Waals surface area contributed by atoms with E-state index >= 15 is 0 Å². The Bertz CT molecular complexity index is 278. The van der Waals surface area contributed by atoms with Crippen LogP contribution in [-0.4, -0.2) is 13.4 Å². The third kappa shape index (κ3) is 3.83. The molecule has 72 valence electrons. The first-order chi connectivity index (χ1) is 6.24. The minimum atomic E-state index is 0.301. The molecular formula is C9H10BrIO2. The molecule has 13 heavy (non-hydrogen) atoms. The van der Waals surface area contributed by atoms with Gasteiger partial charge in [-0.15, -0.1) is 0 Å². The number of halogens is 2. The number of benzene rings is 1. The Balaban J connectivity index is 2.59. The molecule has 0 radical (unpaired) electrons. The van der Waals surface area contributed by atoms with Crippen molar-refractivity contribution in [2.75, 3.05) is 13.4 Å². The Morgan fingerprint density at radius 2 is 2.23 bits per heavy atom. The maximum atomic E-state index is 5.38. The van der Waals surface area contributed by atoms with Crippen LogP contribution in [0.1, 0.15) is 6.92 Å². The third-order valence-corrected chi connectivity index (χ3v) is 2.72. The Morgan fingerprint density at radius 1 is 1.46 bits per heavy atom. The predicted octanol–water partition coefficient (Wildman–Crippen LogP) is 3.43. The summed E-state index contributed by atoms with van der Waals surface area (Å²) < 4.78 is 12.6. The minimum Gasteiger partial charge on any atom is -0.466 e. The van der Waals surface area contributed by atoms with Crippen molar-refractivity contribution < 1.29 is 9.47 Å². The summed E-state index contributed by atoms with van der Waals surface area (Å²) >= 11 is 5.64. The van der Waals surface area contributed by atoms with Gasteiger partial charge >= 0.3 is 0 Å². The van der Waals surface area contributed by atoms with E-state index in [1.807, 2.05) is 25.1 Å². The SMILES string of the molecule is CCOCOc1cc(I)ccc1Br. The lowest BCUT2D eigenvalue weighted by atomic mass is 10.3. The van der Waals surface area contributed by atoms with Crippen molar-refractivity contribution >= 4 is 38.5 Å². The zero-order chi connectivity index (χ0) is 9.68. The molecule has 0 aromatic heterocycles. The van der Waals surface area contributed by atoms with E-state index in [0.717, 1.165) is 13.8 Å². The van der Waals surface area contributed by atoms with Gasteiger partial charge in [-0.3, -0.25) is 0 Å². The molecule has 2 nitrogen and oxygen atoms in total. The summed E-state index contributed by atoms with van der Waals surface area (Å²) in [5.41, 5.74) is 0. The van der Waals surface area contributed by atoms with Gasteiger partial charge < -0.3 is 9.47 Å². The summed E-state index contributed by atoms with van der Waals surface area (Å²) in [4.78, 5) is 0. The van der Waals surface area contributed by atoms with E-state index in [4.69, 9.17) is 9.47 Å². The van der Waals surface area contributed by atoms with Crippen LogP contribution in [0, 0.1) is 3.57 Å². The molecule has 0 atom stereocenters. The first-order valence-corrected chi connectivity index (χ1v) is 5.77. The fourth-order valence-corrected chi connectivity index (χ4v) is 1.60. The average molecular weight is 357 g/mol. The van der Waals surface area contributed by atoms with E-state index in [-0.39, 0.29) is 0 Å². The predicted molar refractivity (Wildman–Crippen MR) is 64.0 cm³/mol. The highest BCUT2D eigenvalue weighted by atomic mass is 127. The third-order valence-electron chi connectivity index (χ3n) is 1.40. The molecule has 1 aromatic carbocycles. The molecule has 0 aliphatic heterocycles. The van der Waals surface area contributed by atoms with Crippen molar-refractivity contribution in [1.82, 2.24) is 0 Å². The first kappa shape index (κ1) is 11.3. The Labute approximate surface area is 99.9 Å². The van der Waals surface area contributed by atoms with Crippen LogP contribution in [0.5, 0.6) is 5.75 Å². The molecule has 0 bridgehead atoms. The van der Waals surface area contributed by atoms with Gasteiger partial charge in [0.2, 0.25) is 0 Å². The smallest absolute Gasteiger partial charge is 0.189 e. The molecule has 0 N–H and O–H groups in total. The maximum Gasteiger partial charge on any atom is 0.189 e. The topological polar surface area (TPSA) is 18.5 Å². The van der Waals surface area contributed by atoms with Crippen molar-refractivity contribution in [2.24, 2.45) is 0 Å². The zero-order valence-corrected chi connectivity index (χ0v) is 11.0. The molecule has 0 aliphatic carbocycles. The molecule has 0 saturated carbocycles. The van der Waals surface area contributed by atoms with Gasteiger partial charge in [-0.25, -0.2) is 0 Å². The molecule has 0 unspecified atom stereocenters. The summed E-state index contributed by atoms with van der Waals surface area (Å²) in [6.07, 6.45) is 0. The molecule has 1 aromatic rings. The van der Waals surface area contributed by atoms with Crippen molar-refractivity contribution in [3.05, 3.63) is 26.2 Å². The molecule has 4 heteroatoms. The van der Waals surface area contributed by atoms with Crippen molar-refractivity contribution in [1.29, 1.82) is 0 Å². The van der Waals surface area contributed by atoms with Crippen molar-refractivity contribution in [2.45, 2.75) is 6.92 Å². The van der Waals surface area contributed by atoms with E-state index in [1.54, 1.807) is 0 Å². The minimum absolute atomic E-state index is 0.301. The quantitative estimate of drug-likeness (QED) is 0.467. The van der Waals surface area contributed by atoms with Crippen LogP contribution < -0.4 is 4.74 Å².